The van der Waals surface area contributed by atoms with E-state index in [0.29, 0.717) is 107 Å². The Bertz CT molecular complexity index is 2810. The van der Waals surface area contributed by atoms with Gasteiger partial charge in [0, 0.05) is 111 Å². The summed E-state index contributed by atoms with van der Waals surface area (Å²) < 4.78 is 19.3. The molecule has 0 atom stereocenters. The molecule has 1 aliphatic heterocycles. The average Bonchev–Trinajstić information content (AvgIpc) is 1.83. The summed E-state index contributed by atoms with van der Waals surface area (Å²) in [6, 6.07) is 0.824. The van der Waals surface area contributed by atoms with Crippen molar-refractivity contribution in [1.82, 2.24) is 69.7 Å². The molecular weight excluding hydrogens is 1270 g/mol. The largest absolute Gasteiger partial charge is 0.448 e. The first-order valence-electron chi connectivity index (χ1n) is 36.6. The van der Waals surface area contributed by atoms with Crippen LogP contribution in [0.2, 0.25) is 0 Å². The van der Waals surface area contributed by atoms with Crippen molar-refractivity contribution in [3.05, 3.63) is 121 Å². The molecule has 0 radical (unpaired) electrons. The summed E-state index contributed by atoms with van der Waals surface area (Å²) in [6.45, 7) is 77.5. The summed E-state index contributed by atoms with van der Waals surface area (Å²) in [5.74, 6) is 14.6. The van der Waals surface area contributed by atoms with E-state index in [4.69, 9.17) is 8.83 Å². The molecule has 9 heterocycles. The van der Waals surface area contributed by atoms with Crippen LogP contribution in [0.25, 0.3) is 0 Å². The number of imidazole rings is 1. The van der Waals surface area contributed by atoms with Crippen LogP contribution in [-0.4, -0.2) is 87.8 Å². The second kappa shape index (κ2) is 45.5. The maximum Gasteiger partial charge on any atom is 0.196 e. The number of aromatic nitrogens is 14. The lowest BCUT2D eigenvalue weighted by molar-refractivity contribution is 0.298. The highest BCUT2D eigenvalue weighted by Gasteiger charge is 2.18. The Morgan fingerprint density at radius 3 is 1.32 bits per heavy atom. The van der Waals surface area contributed by atoms with Crippen molar-refractivity contribution in [2.75, 3.05) is 6.54 Å². The van der Waals surface area contributed by atoms with Crippen molar-refractivity contribution < 1.29 is 13.5 Å². The number of thiazole rings is 2. The van der Waals surface area contributed by atoms with E-state index in [-0.39, 0.29) is 0 Å². The van der Waals surface area contributed by atoms with Gasteiger partial charge in [0.1, 0.15) is 53.6 Å². The van der Waals surface area contributed by atoms with E-state index in [1.54, 1.807) is 30.3 Å². The van der Waals surface area contributed by atoms with E-state index in [9.17, 15) is 0 Å². The smallest absolute Gasteiger partial charge is 0.196 e. The van der Waals surface area contributed by atoms with E-state index >= 15 is 0 Å². The standard InChI is InChI=1S/2C9H16N2.2C9H15NO.2C9H15NS.2C8H15N3.C8H14N2O/c2*1-6(2)8-5-10-9(11-8)7(3)4;1-6(2)8-5-11-9(10-8)7(3)4;1-6(2)8-5-10-9(11-8)7(3)4;1-6(2)8-5-11-9(10-8)7(3)4;1-6(2)8-5-10-9(11-8)7(3)4;1-6(2)8-9-5-11(10-8)7(3)4;1-6(2)8-9-5-10-11(8)7(3)4;1-5(2)7-8(6(3)4)10-11-9-7/h6-7H,5H2,1-4H3;5-7H,1-4H3,(H,10,11);6*5-7H,1-4H3;5-6H,1-4H3. The number of H-pyrrole nitrogens is 1. The Kier molecular flexibility index (Phi) is 41.7. The molecule has 0 saturated heterocycles. The lowest BCUT2D eigenvalue weighted by Gasteiger charge is -2.10. The highest BCUT2D eigenvalue weighted by atomic mass is 32.1. The molecule has 0 fully saturated rings. The van der Waals surface area contributed by atoms with Gasteiger partial charge in [-0.1, -0.05) is 232 Å². The van der Waals surface area contributed by atoms with Crippen LogP contribution < -0.4 is 0 Å². The summed E-state index contributed by atoms with van der Waals surface area (Å²) >= 11 is 3.61. The number of hydrogen-bond acceptors (Lipinski definition) is 18. The predicted octanol–water partition coefficient (Wildman–Crippen LogP) is 23.7. The number of rotatable bonds is 18. The van der Waals surface area contributed by atoms with Gasteiger partial charge in [0.15, 0.2) is 17.6 Å². The molecule has 558 valence electrons. The molecular formula is C78H136N16O3S2. The van der Waals surface area contributed by atoms with Gasteiger partial charge >= 0.3 is 0 Å². The third kappa shape index (κ3) is 33.3. The van der Waals surface area contributed by atoms with Crippen LogP contribution in [0.15, 0.2) is 66.3 Å². The summed E-state index contributed by atoms with van der Waals surface area (Å²) in [6.07, 6.45) is 10.9. The number of aromatic amines is 1. The topological polar surface area (TPSA) is 232 Å². The zero-order valence-corrected chi connectivity index (χ0v) is 70.0. The van der Waals surface area contributed by atoms with Crippen LogP contribution in [0.4, 0.5) is 0 Å². The Balaban J connectivity index is 0.000000557. The maximum atomic E-state index is 5.50. The van der Waals surface area contributed by atoms with E-state index in [1.807, 2.05) is 39.3 Å². The monoisotopic (exact) mass is 1410 g/mol. The quantitative estimate of drug-likeness (QED) is 0.0842. The molecule has 8 aromatic rings. The molecule has 1 aliphatic rings. The highest BCUT2D eigenvalue weighted by molar-refractivity contribution is 7.11. The summed E-state index contributed by atoms with van der Waals surface area (Å²) in [5.41, 5.74) is 6.72. The summed E-state index contributed by atoms with van der Waals surface area (Å²) in [4.78, 5) is 43.6. The Labute approximate surface area is 607 Å². The van der Waals surface area contributed by atoms with Crippen molar-refractivity contribution >= 4 is 34.2 Å². The van der Waals surface area contributed by atoms with Crippen LogP contribution in [0.3, 0.4) is 0 Å². The minimum absolute atomic E-state index is 0.391. The van der Waals surface area contributed by atoms with Crippen LogP contribution in [0, 0.1) is 11.8 Å². The number of aliphatic imine (C=N–C) groups is 2. The van der Waals surface area contributed by atoms with Gasteiger partial charge in [-0.05, 0) is 57.3 Å². The maximum absolute atomic E-state index is 5.50. The van der Waals surface area contributed by atoms with Gasteiger partial charge in [0.05, 0.1) is 34.1 Å². The zero-order chi connectivity index (χ0) is 75.9. The third-order valence-corrected chi connectivity index (χ3v) is 17.7. The first kappa shape index (κ1) is 90.7. The number of nitrogens with zero attached hydrogens (tertiary/aromatic N) is 15. The highest BCUT2D eigenvalue weighted by Crippen LogP contribution is 2.28. The van der Waals surface area contributed by atoms with Gasteiger partial charge < -0.3 is 13.8 Å². The molecule has 0 spiro atoms. The first-order chi connectivity index (χ1) is 46.0. The van der Waals surface area contributed by atoms with Crippen LogP contribution in [-0.2, 0) is 0 Å². The number of hydrogen-bond donors (Lipinski definition) is 1. The minimum atomic E-state index is 0.391. The van der Waals surface area contributed by atoms with Crippen LogP contribution in [0.1, 0.15) is 423 Å². The average molecular weight is 1410 g/mol. The molecule has 0 bridgehead atoms. The molecule has 0 unspecified atom stereocenters. The predicted molar refractivity (Wildman–Crippen MR) is 418 cm³/mol. The second-order valence-corrected chi connectivity index (χ2v) is 32.8. The molecule has 1 N–H and O–H groups in total. The van der Waals surface area contributed by atoms with E-state index < -0.39 is 0 Å². The lowest BCUT2D eigenvalue weighted by Crippen LogP contribution is -2.09. The summed E-state index contributed by atoms with van der Waals surface area (Å²) in [5, 5.41) is 20.8. The van der Waals surface area contributed by atoms with E-state index in [0.717, 1.165) is 64.5 Å². The van der Waals surface area contributed by atoms with E-state index in [2.05, 4.69) is 330 Å². The van der Waals surface area contributed by atoms with E-state index in [1.165, 1.54) is 32.0 Å². The summed E-state index contributed by atoms with van der Waals surface area (Å²) in [7, 11) is 0. The lowest BCUT2D eigenvalue weighted by atomic mass is 10.0. The molecule has 21 heteroatoms. The number of oxazole rings is 2. The van der Waals surface area contributed by atoms with Crippen LogP contribution in [0.5, 0.6) is 0 Å². The Morgan fingerprint density at radius 1 is 0.465 bits per heavy atom. The molecule has 0 aromatic carbocycles. The fraction of sp³-hybridized carbons (Fsp3) is 0.705. The van der Waals surface area contributed by atoms with Crippen molar-refractivity contribution in [3.8, 4) is 0 Å². The van der Waals surface area contributed by atoms with Crippen LogP contribution >= 0.6 is 22.7 Å². The number of nitrogens with one attached hydrogen (secondary N) is 1. The van der Waals surface area contributed by atoms with Gasteiger partial charge in [-0.3, -0.25) is 9.67 Å². The minimum Gasteiger partial charge on any atom is -0.448 e. The van der Waals surface area contributed by atoms with Gasteiger partial charge in [0.25, 0.3) is 0 Å². The molecule has 9 rings (SSSR count). The second-order valence-electron chi connectivity index (χ2n) is 30.8. The third-order valence-electron chi connectivity index (χ3n) is 14.9. The van der Waals surface area contributed by atoms with Crippen molar-refractivity contribution in [2.45, 2.75) is 344 Å². The molecule has 0 saturated carbocycles. The Hall–Kier alpha value is -6.35. The molecule has 19 nitrogen and oxygen atoms in total. The fourth-order valence-corrected chi connectivity index (χ4v) is 10.1. The number of amidine groups is 1. The Morgan fingerprint density at radius 2 is 1.04 bits per heavy atom. The SMILES string of the molecule is CC(C)C1=NC(C(C)C)=NC1.CC(C)c1cnc(C(C)C)[nH]1.CC(C)c1cnc(C(C)C)o1.CC(C)c1cnc(C(C)C)s1.CC(C)c1coc(C(C)C)n1.CC(C)c1csc(C(C)C)n1.CC(C)c1ncn(C(C)C)n1.CC(C)c1ncnn1C(C)C.CC(C)c1nonc1C(C)C. The normalized spacial score (nSPS) is 12.1. The van der Waals surface area contributed by atoms with Gasteiger partial charge in [-0.15, -0.1) is 22.7 Å². The van der Waals surface area contributed by atoms with Crippen molar-refractivity contribution in [3.63, 3.8) is 0 Å². The van der Waals surface area contributed by atoms with Crippen molar-refractivity contribution in [1.29, 1.82) is 0 Å². The molecule has 99 heavy (non-hydrogen) atoms. The molecule has 0 amide bonds. The van der Waals surface area contributed by atoms with Crippen molar-refractivity contribution in [2.24, 2.45) is 21.8 Å². The fourth-order valence-electron chi connectivity index (χ4n) is 8.15. The molecule has 0 aliphatic carbocycles. The van der Waals surface area contributed by atoms with Gasteiger partial charge in [-0.2, -0.15) is 10.2 Å². The van der Waals surface area contributed by atoms with Gasteiger partial charge in [-0.25, -0.2) is 49.2 Å². The molecule has 8 aromatic heterocycles. The zero-order valence-electron chi connectivity index (χ0n) is 68.4. The first-order valence-corrected chi connectivity index (χ1v) is 38.3. The van der Waals surface area contributed by atoms with Gasteiger partial charge in [0.2, 0.25) is 0 Å².